The fraction of sp³-hybridized carbons (Fsp3) is 0.630. The number of nitrogens with one attached hydrogen (secondary N) is 3. The lowest BCUT2D eigenvalue weighted by Gasteiger charge is -2.29. The number of hydrogen-bond donors (Lipinski definition) is 4. The highest BCUT2D eigenvalue weighted by Gasteiger charge is 2.44. The molecular weight excluding hydrogens is 492 g/mol. The largest absolute Gasteiger partial charge is 0.391 e. The van der Waals surface area contributed by atoms with Crippen molar-refractivity contribution < 1.29 is 33.9 Å². The van der Waals surface area contributed by atoms with Crippen LogP contribution in [0.3, 0.4) is 0 Å². The van der Waals surface area contributed by atoms with Crippen molar-refractivity contribution in [3.63, 3.8) is 0 Å². The number of hydrazine groups is 1. The smallest absolute Gasteiger partial charge is 0.344 e. The molecule has 11 heteroatoms. The lowest BCUT2D eigenvalue weighted by Crippen LogP contribution is -2.52. The SMILES string of the molecule is CC(C)C[C@@H](C(=O)NN1C(=O)NC([C@@H](C)O)C1=O)[C@H](CCCc1ccccc1)C(=O)NOC1CCCCO1. The van der Waals surface area contributed by atoms with E-state index in [1.165, 1.54) is 6.92 Å². The lowest BCUT2D eigenvalue weighted by atomic mass is 9.81. The van der Waals surface area contributed by atoms with Gasteiger partial charge in [-0.1, -0.05) is 44.2 Å². The summed E-state index contributed by atoms with van der Waals surface area (Å²) in [4.78, 5) is 57.4. The fourth-order valence-electron chi connectivity index (χ4n) is 4.78. The highest BCUT2D eigenvalue weighted by molar-refractivity contribution is 6.05. The van der Waals surface area contributed by atoms with Gasteiger partial charge < -0.3 is 15.2 Å². The van der Waals surface area contributed by atoms with E-state index < -0.39 is 54.0 Å². The third-order valence-corrected chi connectivity index (χ3v) is 6.81. The van der Waals surface area contributed by atoms with E-state index in [9.17, 15) is 24.3 Å². The van der Waals surface area contributed by atoms with E-state index in [2.05, 4.69) is 16.2 Å². The number of carbonyl (C=O) groups is 4. The van der Waals surface area contributed by atoms with Crippen LogP contribution in [0.2, 0.25) is 0 Å². The molecule has 0 spiro atoms. The number of ether oxygens (including phenoxy) is 1. The molecule has 1 aromatic rings. The predicted octanol–water partition coefficient (Wildman–Crippen LogP) is 2.19. The van der Waals surface area contributed by atoms with Crippen LogP contribution < -0.4 is 16.2 Å². The quantitative estimate of drug-likeness (QED) is 0.225. The first-order valence-electron chi connectivity index (χ1n) is 13.4. The molecule has 2 heterocycles. The first-order chi connectivity index (χ1) is 18.2. The van der Waals surface area contributed by atoms with E-state index in [4.69, 9.17) is 9.57 Å². The van der Waals surface area contributed by atoms with Crippen molar-refractivity contribution in [3.05, 3.63) is 35.9 Å². The molecule has 2 fully saturated rings. The van der Waals surface area contributed by atoms with E-state index in [-0.39, 0.29) is 5.92 Å². The molecule has 1 aromatic carbocycles. The van der Waals surface area contributed by atoms with Crippen molar-refractivity contribution in [2.45, 2.75) is 84.2 Å². The number of hydroxylamine groups is 1. The zero-order valence-electron chi connectivity index (χ0n) is 22.4. The second-order valence-electron chi connectivity index (χ2n) is 10.4. The zero-order chi connectivity index (χ0) is 27.7. The van der Waals surface area contributed by atoms with Crippen molar-refractivity contribution in [2.24, 2.45) is 17.8 Å². The van der Waals surface area contributed by atoms with Gasteiger partial charge in [-0.05, 0) is 56.9 Å². The van der Waals surface area contributed by atoms with Gasteiger partial charge in [0.05, 0.1) is 17.9 Å². The van der Waals surface area contributed by atoms with Gasteiger partial charge in [-0.25, -0.2) is 15.1 Å². The number of imide groups is 1. The van der Waals surface area contributed by atoms with Crippen LogP contribution in [0.15, 0.2) is 30.3 Å². The maximum absolute atomic E-state index is 13.5. The molecule has 210 valence electrons. The number of amides is 5. The van der Waals surface area contributed by atoms with E-state index in [1.54, 1.807) is 0 Å². The number of aliphatic hydroxyl groups is 1. The Bertz CT molecular complexity index is 950. The average Bonchev–Trinajstić information content (AvgIpc) is 3.18. The van der Waals surface area contributed by atoms with Crippen LogP contribution in [-0.2, 0) is 30.4 Å². The number of benzene rings is 1. The van der Waals surface area contributed by atoms with Gasteiger partial charge in [0.15, 0.2) is 6.29 Å². The zero-order valence-corrected chi connectivity index (χ0v) is 22.4. The summed E-state index contributed by atoms with van der Waals surface area (Å²) in [6.07, 6.45) is 2.94. The molecule has 2 aliphatic rings. The summed E-state index contributed by atoms with van der Waals surface area (Å²) in [6, 6.07) is 7.86. The fourth-order valence-corrected chi connectivity index (χ4v) is 4.78. The van der Waals surface area contributed by atoms with Crippen LogP contribution in [0.1, 0.15) is 64.9 Å². The first-order valence-corrected chi connectivity index (χ1v) is 13.4. The van der Waals surface area contributed by atoms with E-state index in [1.807, 2.05) is 44.2 Å². The summed E-state index contributed by atoms with van der Waals surface area (Å²) >= 11 is 0. The molecule has 5 atom stereocenters. The topological polar surface area (TPSA) is 146 Å². The second-order valence-corrected chi connectivity index (χ2v) is 10.4. The maximum atomic E-state index is 13.5. The molecule has 0 saturated carbocycles. The number of carbonyl (C=O) groups excluding carboxylic acids is 4. The number of rotatable bonds is 13. The number of nitrogens with zero attached hydrogens (tertiary/aromatic N) is 1. The van der Waals surface area contributed by atoms with Crippen LogP contribution in [0.4, 0.5) is 4.79 Å². The Morgan fingerprint density at radius 1 is 1.13 bits per heavy atom. The summed E-state index contributed by atoms with van der Waals surface area (Å²) in [5, 5.41) is 12.7. The molecule has 2 saturated heterocycles. The third-order valence-electron chi connectivity index (χ3n) is 6.81. The Kier molecular flexibility index (Phi) is 11.1. The van der Waals surface area contributed by atoms with Gasteiger partial charge in [0.1, 0.15) is 6.04 Å². The normalized spacial score (nSPS) is 22.1. The van der Waals surface area contributed by atoms with Crippen molar-refractivity contribution in [1.29, 1.82) is 0 Å². The van der Waals surface area contributed by atoms with Crippen molar-refractivity contribution in [1.82, 2.24) is 21.2 Å². The molecule has 3 rings (SSSR count). The van der Waals surface area contributed by atoms with Crippen molar-refractivity contribution in [2.75, 3.05) is 6.61 Å². The van der Waals surface area contributed by atoms with Gasteiger partial charge >= 0.3 is 6.03 Å². The predicted molar refractivity (Wildman–Crippen MR) is 138 cm³/mol. The van der Waals surface area contributed by atoms with Gasteiger partial charge in [-0.15, -0.1) is 0 Å². The summed E-state index contributed by atoms with van der Waals surface area (Å²) in [7, 11) is 0. The Labute approximate surface area is 223 Å². The molecule has 0 aliphatic carbocycles. The minimum atomic E-state index is -1.15. The molecule has 0 aromatic heterocycles. The van der Waals surface area contributed by atoms with Crippen LogP contribution in [0.25, 0.3) is 0 Å². The minimum Gasteiger partial charge on any atom is -0.391 e. The van der Waals surface area contributed by atoms with Crippen LogP contribution in [0.5, 0.6) is 0 Å². The Morgan fingerprint density at radius 2 is 1.87 bits per heavy atom. The van der Waals surface area contributed by atoms with Crippen LogP contribution in [0, 0.1) is 17.8 Å². The summed E-state index contributed by atoms with van der Waals surface area (Å²) in [5.41, 5.74) is 6.02. The highest BCUT2D eigenvalue weighted by atomic mass is 16.8. The van der Waals surface area contributed by atoms with E-state index in [0.717, 1.165) is 24.8 Å². The number of aryl methyl sites for hydroxylation is 1. The van der Waals surface area contributed by atoms with Crippen LogP contribution >= 0.6 is 0 Å². The summed E-state index contributed by atoms with van der Waals surface area (Å²) in [6.45, 7) is 5.79. The standard InChI is InChI=1S/C27H40N4O7/c1-17(2)16-21(24(33)29-31-26(35)23(18(3)32)28-27(31)36)20(13-9-12-19-10-5-4-6-11-19)25(34)30-38-22-14-7-8-15-37-22/h4-6,10-11,17-18,20-23,32H,7-9,12-16H2,1-3H3,(H,28,36)(H,29,33)(H,30,34)/t18-,20+,21-,22?,23?/m1/s1. The summed E-state index contributed by atoms with van der Waals surface area (Å²) < 4.78 is 5.54. The van der Waals surface area contributed by atoms with Crippen molar-refractivity contribution >= 4 is 23.8 Å². The van der Waals surface area contributed by atoms with Crippen LogP contribution in [-0.4, -0.2) is 58.9 Å². The minimum absolute atomic E-state index is 0.0473. The number of urea groups is 1. The highest BCUT2D eigenvalue weighted by Crippen LogP contribution is 2.27. The third kappa shape index (κ3) is 8.24. The molecule has 11 nitrogen and oxygen atoms in total. The Morgan fingerprint density at radius 3 is 2.47 bits per heavy atom. The van der Waals surface area contributed by atoms with Gasteiger partial charge in [-0.3, -0.25) is 19.8 Å². The first kappa shape index (κ1) is 29.5. The molecule has 0 radical (unpaired) electrons. The molecule has 38 heavy (non-hydrogen) atoms. The van der Waals surface area contributed by atoms with Gasteiger partial charge in [0.2, 0.25) is 11.8 Å². The van der Waals surface area contributed by atoms with E-state index >= 15 is 0 Å². The van der Waals surface area contributed by atoms with E-state index in [0.29, 0.717) is 37.3 Å². The molecule has 4 N–H and O–H groups in total. The molecule has 0 bridgehead atoms. The monoisotopic (exact) mass is 532 g/mol. The van der Waals surface area contributed by atoms with Crippen molar-refractivity contribution in [3.8, 4) is 0 Å². The molecule has 2 unspecified atom stereocenters. The number of hydrogen-bond acceptors (Lipinski definition) is 7. The maximum Gasteiger partial charge on any atom is 0.344 e. The second kappa shape index (κ2) is 14.2. The van der Waals surface area contributed by atoms with Gasteiger partial charge in [0, 0.05) is 13.0 Å². The average molecular weight is 533 g/mol. The number of aliphatic hydroxyl groups excluding tert-OH is 1. The summed E-state index contributed by atoms with van der Waals surface area (Å²) in [5.74, 6) is -3.41. The lowest BCUT2D eigenvalue weighted by molar-refractivity contribution is -0.203. The Balaban J connectivity index is 1.75. The van der Waals surface area contributed by atoms with Gasteiger partial charge in [0.25, 0.3) is 5.91 Å². The molecule has 2 aliphatic heterocycles. The molecule has 5 amide bonds. The van der Waals surface area contributed by atoms with Gasteiger partial charge in [-0.2, -0.15) is 5.01 Å². The molecular formula is C27H40N4O7. The Hall–Kier alpha value is -3.02.